The van der Waals surface area contributed by atoms with Crippen LogP contribution in [0.15, 0.2) is 72.8 Å². The predicted octanol–water partition coefficient (Wildman–Crippen LogP) is 3.30. The molecule has 0 saturated carbocycles. The molecule has 1 atom stereocenters. The first kappa shape index (κ1) is 31.4. The molecule has 0 aliphatic carbocycles. The lowest BCUT2D eigenvalue weighted by molar-refractivity contribution is -0.946. The Kier molecular flexibility index (Phi) is 10.2. The quantitative estimate of drug-likeness (QED) is 0.354. The lowest BCUT2D eigenvalue weighted by atomic mass is 9.83. The van der Waals surface area contributed by atoms with Gasteiger partial charge in [0.1, 0.15) is 24.0 Å². The number of piperidine rings is 3. The van der Waals surface area contributed by atoms with Gasteiger partial charge >= 0.3 is 6.09 Å². The monoisotopic (exact) mass is 601 g/mol. The highest BCUT2D eigenvalue weighted by Crippen LogP contribution is 2.37. The van der Waals surface area contributed by atoms with Crippen LogP contribution in [0.5, 0.6) is 0 Å². The first-order valence-electron chi connectivity index (χ1n) is 14.1. The summed E-state index contributed by atoms with van der Waals surface area (Å²) in [7, 11) is 0. The Morgan fingerprint density at radius 1 is 0.857 bits per heavy atom. The Labute approximate surface area is 250 Å². The van der Waals surface area contributed by atoms with Gasteiger partial charge in [0, 0.05) is 38.6 Å². The molecule has 0 aromatic heterocycles. The van der Waals surface area contributed by atoms with Crippen molar-refractivity contribution in [3.63, 3.8) is 0 Å². The molecule has 0 unspecified atom stereocenters. The number of rotatable bonds is 9. The summed E-state index contributed by atoms with van der Waals surface area (Å²) in [5, 5.41) is 0. The maximum Gasteiger partial charge on any atom is 0.415 e. The van der Waals surface area contributed by atoms with Crippen LogP contribution in [0, 0.1) is 23.4 Å². The van der Waals surface area contributed by atoms with Crippen LogP contribution < -0.4 is 22.2 Å². The van der Waals surface area contributed by atoms with Crippen molar-refractivity contribution in [2.45, 2.75) is 38.8 Å². The van der Waals surface area contributed by atoms with Crippen molar-refractivity contribution in [1.29, 1.82) is 0 Å². The number of fused-ring (bicyclic) bond motifs is 3. The zero-order valence-corrected chi connectivity index (χ0v) is 24.3. The van der Waals surface area contributed by atoms with Gasteiger partial charge in [0.05, 0.1) is 37.6 Å². The lowest BCUT2D eigenvalue weighted by Gasteiger charge is -2.52. The summed E-state index contributed by atoms with van der Waals surface area (Å²) >= 11 is 0. The molecule has 3 fully saturated rings. The molecular weight excluding hydrogens is 567 g/mol. The number of carbonyl (C=O) groups is 2. The molecule has 0 spiro atoms. The molecule has 3 saturated heterocycles. The van der Waals surface area contributed by atoms with E-state index in [1.165, 1.54) is 47.1 Å². The van der Waals surface area contributed by atoms with Crippen LogP contribution >= 0.6 is 0 Å². The van der Waals surface area contributed by atoms with Crippen LogP contribution in [0.2, 0.25) is 0 Å². The second kappa shape index (κ2) is 13.6. The molecule has 3 aliphatic rings. The van der Waals surface area contributed by atoms with Crippen molar-refractivity contribution in [1.82, 2.24) is 0 Å². The predicted molar refractivity (Wildman–Crippen MR) is 151 cm³/mol. The smallest absolute Gasteiger partial charge is 0.415 e. The van der Waals surface area contributed by atoms with Gasteiger partial charge in [-0.25, -0.2) is 18.0 Å². The van der Waals surface area contributed by atoms with Gasteiger partial charge in [-0.2, -0.15) is 0 Å². The number of ether oxygens (including phenoxy) is 1. The average Bonchev–Trinajstić information content (AvgIpc) is 2.96. The van der Waals surface area contributed by atoms with E-state index in [1.807, 2.05) is 0 Å². The maximum absolute atomic E-state index is 14.8. The van der Waals surface area contributed by atoms with Gasteiger partial charge < -0.3 is 26.5 Å². The molecule has 0 radical (unpaired) electrons. The minimum Gasteiger partial charge on any atom is -1.00 e. The van der Waals surface area contributed by atoms with Crippen LogP contribution in [0.1, 0.15) is 31.7 Å². The summed E-state index contributed by atoms with van der Waals surface area (Å²) in [6.07, 6.45) is 1.51. The molecule has 3 aromatic carbocycles. The number of amides is 2. The van der Waals surface area contributed by atoms with Crippen molar-refractivity contribution in [3.8, 4) is 0 Å². The number of hydrogen-bond acceptors (Lipinski definition) is 3. The van der Waals surface area contributed by atoms with Gasteiger partial charge in [0.25, 0.3) is 0 Å². The minimum atomic E-state index is -0.640. The van der Waals surface area contributed by atoms with Crippen molar-refractivity contribution in [2.24, 2.45) is 5.92 Å². The van der Waals surface area contributed by atoms with Crippen molar-refractivity contribution in [3.05, 3.63) is 95.8 Å². The number of anilines is 2. The standard InChI is InChI=1S/C32H35F3N3O3.ClH/c1-23(39)36(29-9-4-2-7-27(29)34)17-6-18-38-19-15-25(16-20-38)31(22-38)41-32(40)37(30-10-5-3-8-28(30)35)21-24-11-13-26(33)14-12-24;/h2-5,7-14,25,31H,6,15-22H2,1H3;1H/q+1;/p-1/t25?,31-,38?;/m0./s1. The second-order valence-corrected chi connectivity index (χ2v) is 11.1. The Morgan fingerprint density at radius 3 is 2.00 bits per heavy atom. The molecule has 6 rings (SSSR count). The Hall–Kier alpha value is -3.56. The SMILES string of the molecule is CC(=O)N(CCC[N+]12CCC(CC1)[C@@H](OC(=O)N(Cc1ccc(F)cc1)c1ccccc1F)C2)c1ccccc1F.[Cl-]. The van der Waals surface area contributed by atoms with Gasteiger partial charge in [-0.05, 0) is 42.0 Å². The van der Waals surface area contributed by atoms with E-state index in [1.54, 1.807) is 42.5 Å². The van der Waals surface area contributed by atoms with E-state index in [4.69, 9.17) is 4.74 Å². The third kappa shape index (κ3) is 7.07. The zero-order valence-electron chi connectivity index (χ0n) is 23.5. The maximum atomic E-state index is 14.8. The van der Waals surface area contributed by atoms with Gasteiger partial charge in [-0.1, -0.05) is 36.4 Å². The van der Waals surface area contributed by atoms with Crippen molar-refractivity contribution in [2.75, 3.05) is 42.5 Å². The Balaban J connectivity index is 0.00000405. The second-order valence-electron chi connectivity index (χ2n) is 11.1. The lowest BCUT2D eigenvalue weighted by Crippen LogP contribution is -3.00. The Bertz CT molecular complexity index is 1380. The highest BCUT2D eigenvalue weighted by atomic mass is 35.5. The molecule has 224 valence electrons. The number of benzene rings is 3. The highest BCUT2D eigenvalue weighted by Gasteiger charge is 2.47. The fraction of sp³-hybridized carbons (Fsp3) is 0.375. The zero-order chi connectivity index (χ0) is 29.0. The molecular formula is C32H35ClF3N3O3. The number of nitrogens with zero attached hydrogens (tertiary/aromatic N) is 3. The Morgan fingerprint density at radius 2 is 1.43 bits per heavy atom. The van der Waals surface area contributed by atoms with Crippen LogP contribution in [0.4, 0.5) is 29.3 Å². The van der Waals surface area contributed by atoms with E-state index in [9.17, 15) is 22.8 Å². The van der Waals surface area contributed by atoms with Gasteiger partial charge in [-0.15, -0.1) is 0 Å². The van der Waals surface area contributed by atoms with Gasteiger partial charge in [0.15, 0.2) is 6.10 Å². The van der Waals surface area contributed by atoms with E-state index in [0.717, 1.165) is 37.0 Å². The summed E-state index contributed by atoms with van der Waals surface area (Å²) in [5.41, 5.74) is 1.02. The van der Waals surface area contributed by atoms with Crippen LogP contribution in [0.3, 0.4) is 0 Å². The molecule has 3 heterocycles. The molecule has 6 nitrogen and oxygen atoms in total. The first-order chi connectivity index (χ1) is 19.7. The fourth-order valence-corrected chi connectivity index (χ4v) is 6.24. The fourth-order valence-electron chi connectivity index (χ4n) is 6.24. The van der Waals surface area contributed by atoms with Gasteiger partial charge in [-0.3, -0.25) is 9.69 Å². The van der Waals surface area contributed by atoms with E-state index in [0.29, 0.717) is 25.1 Å². The summed E-state index contributed by atoms with van der Waals surface area (Å²) in [6, 6.07) is 18.0. The minimum absolute atomic E-state index is 0. The van der Waals surface area contributed by atoms with E-state index < -0.39 is 23.5 Å². The third-order valence-corrected chi connectivity index (χ3v) is 8.45. The summed E-state index contributed by atoms with van der Waals surface area (Å²) in [6.45, 7) is 5.17. The number of quaternary nitrogens is 1. The van der Waals surface area contributed by atoms with Crippen LogP contribution in [-0.4, -0.2) is 55.3 Å². The van der Waals surface area contributed by atoms with E-state index in [2.05, 4.69) is 0 Å². The van der Waals surface area contributed by atoms with Crippen molar-refractivity contribution < 1.29 is 44.4 Å². The summed E-state index contributed by atoms with van der Waals surface area (Å²) < 4.78 is 49.5. The summed E-state index contributed by atoms with van der Waals surface area (Å²) in [4.78, 5) is 28.6. The molecule has 42 heavy (non-hydrogen) atoms. The first-order valence-corrected chi connectivity index (χ1v) is 14.1. The molecule has 0 N–H and O–H groups in total. The largest absolute Gasteiger partial charge is 1.00 e. The topological polar surface area (TPSA) is 49.9 Å². The molecule has 2 bridgehead atoms. The highest BCUT2D eigenvalue weighted by molar-refractivity contribution is 5.91. The van der Waals surface area contributed by atoms with Crippen molar-refractivity contribution >= 4 is 23.4 Å². The molecule has 2 amide bonds. The molecule has 3 aliphatic heterocycles. The number of para-hydroxylation sites is 2. The van der Waals surface area contributed by atoms with Crippen LogP contribution in [0.25, 0.3) is 0 Å². The number of halogens is 4. The van der Waals surface area contributed by atoms with E-state index >= 15 is 0 Å². The van der Waals surface area contributed by atoms with Gasteiger partial charge in [0.2, 0.25) is 5.91 Å². The number of hydrogen-bond donors (Lipinski definition) is 0. The van der Waals surface area contributed by atoms with E-state index in [-0.39, 0.29) is 48.3 Å². The average molecular weight is 602 g/mol. The molecule has 10 heteroatoms. The normalized spacial score (nSPS) is 20.9. The van der Waals surface area contributed by atoms with Crippen LogP contribution in [-0.2, 0) is 16.1 Å². The number of carbonyl (C=O) groups excluding carboxylic acids is 2. The molecule has 3 aromatic rings. The third-order valence-electron chi connectivity index (χ3n) is 8.45. The summed E-state index contributed by atoms with van der Waals surface area (Å²) in [5.74, 6) is -1.36.